The van der Waals surface area contributed by atoms with Gasteiger partial charge >= 0.3 is 6.18 Å². The second-order valence-corrected chi connectivity index (χ2v) is 7.88. The van der Waals surface area contributed by atoms with Gasteiger partial charge in [0.1, 0.15) is 5.75 Å². The Labute approximate surface area is 177 Å². The summed E-state index contributed by atoms with van der Waals surface area (Å²) in [7, 11) is 0. The van der Waals surface area contributed by atoms with Crippen molar-refractivity contribution in [2.75, 3.05) is 36.4 Å². The summed E-state index contributed by atoms with van der Waals surface area (Å²) in [4.78, 5) is 28.9. The Hall–Kier alpha value is -3.23. The summed E-state index contributed by atoms with van der Waals surface area (Å²) in [6.45, 7) is 4.08. The van der Waals surface area contributed by atoms with E-state index in [4.69, 9.17) is 4.74 Å². The van der Waals surface area contributed by atoms with E-state index in [0.717, 1.165) is 11.6 Å². The normalized spacial score (nSPS) is 21.3. The van der Waals surface area contributed by atoms with Gasteiger partial charge in [0, 0.05) is 31.9 Å². The molecule has 2 aromatic rings. The van der Waals surface area contributed by atoms with Crippen molar-refractivity contribution in [3.05, 3.63) is 53.6 Å². The van der Waals surface area contributed by atoms with Gasteiger partial charge in [-0.1, -0.05) is 18.2 Å². The largest absolute Gasteiger partial charge is 0.466 e. The lowest BCUT2D eigenvalue weighted by Crippen LogP contribution is -2.62. The third-order valence-electron chi connectivity index (χ3n) is 5.66. The summed E-state index contributed by atoms with van der Waals surface area (Å²) in [5.41, 5.74) is -0.918. The van der Waals surface area contributed by atoms with Crippen molar-refractivity contribution < 1.29 is 27.5 Å². The molecule has 1 unspecified atom stereocenters. The standard InChI is InChI=1S/C22H22F3N3O3/c1-14-7-8-18-16(13-14)26-19(29)21(2,31-18)20(30)28-11-9-27(10-12-28)17-6-4-3-5-15(17)22(23,24)25/h3-8,13H,9-12H2,1-2H3,(H,26,29). The number of benzene rings is 2. The Bertz CT molecular complexity index is 1030. The minimum absolute atomic E-state index is 0.0873. The SMILES string of the molecule is Cc1ccc2c(c1)NC(=O)C(C)(C(=O)N1CCN(c3ccccc3C(F)(F)F)CC1)O2. The molecule has 9 heteroatoms. The number of rotatable bonds is 2. The summed E-state index contributed by atoms with van der Waals surface area (Å²) in [5.74, 6) is -0.681. The molecule has 2 amide bonds. The first-order chi connectivity index (χ1) is 14.6. The zero-order chi connectivity index (χ0) is 22.4. The highest BCUT2D eigenvalue weighted by molar-refractivity contribution is 6.15. The van der Waals surface area contributed by atoms with Crippen LogP contribution in [0.15, 0.2) is 42.5 Å². The smallest absolute Gasteiger partial charge is 0.418 e. The summed E-state index contributed by atoms with van der Waals surface area (Å²) in [6, 6.07) is 10.7. The lowest BCUT2D eigenvalue weighted by atomic mass is 9.99. The van der Waals surface area contributed by atoms with Crippen molar-refractivity contribution in [1.82, 2.24) is 4.90 Å². The molecule has 2 heterocycles. The van der Waals surface area contributed by atoms with Gasteiger partial charge in [-0.25, -0.2) is 0 Å². The maximum absolute atomic E-state index is 13.3. The Balaban J connectivity index is 1.49. The van der Waals surface area contributed by atoms with Crippen LogP contribution < -0.4 is 15.0 Å². The molecule has 0 spiro atoms. The number of carbonyl (C=O) groups is 2. The number of para-hydroxylation sites is 1. The van der Waals surface area contributed by atoms with Crippen LogP contribution in [-0.4, -0.2) is 48.5 Å². The summed E-state index contributed by atoms with van der Waals surface area (Å²) in [6.07, 6.45) is -4.46. The first kappa shape index (κ1) is 21.0. The zero-order valence-electron chi connectivity index (χ0n) is 17.1. The summed E-state index contributed by atoms with van der Waals surface area (Å²) < 4.78 is 45.8. The fourth-order valence-corrected chi connectivity index (χ4v) is 3.92. The van der Waals surface area contributed by atoms with Crippen molar-refractivity contribution in [3.8, 4) is 5.75 Å². The van der Waals surface area contributed by atoms with Crippen molar-refractivity contribution in [1.29, 1.82) is 0 Å². The van der Waals surface area contributed by atoms with Crippen molar-refractivity contribution >= 4 is 23.2 Å². The van der Waals surface area contributed by atoms with E-state index in [2.05, 4.69) is 5.32 Å². The second kappa shape index (κ2) is 7.47. The van der Waals surface area contributed by atoms with Gasteiger partial charge in [0.15, 0.2) is 0 Å². The minimum atomic E-state index is -4.46. The molecule has 164 valence electrons. The quantitative estimate of drug-likeness (QED) is 0.737. The number of nitrogens with zero attached hydrogens (tertiary/aromatic N) is 2. The molecule has 0 aromatic heterocycles. The number of ether oxygens (including phenoxy) is 1. The first-order valence-corrected chi connectivity index (χ1v) is 9.91. The van der Waals surface area contributed by atoms with Crippen LogP contribution in [0.25, 0.3) is 0 Å². The molecule has 0 saturated carbocycles. The van der Waals surface area contributed by atoms with Crippen LogP contribution >= 0.6 is 0 Å². The van der Waals surface area contributed by atoms with Crippen LogP contribution in [0.4, 0.5) is 24.5 Å². The lowest BCUT2D eigenvalue weighted by molar-refractivity contribution is -0.154. The Morgan fingerprint density at radius 2 is 1.77 bits per heavy atom. The van der Waals surface area contributed by atoms with Crippen molar-refractivity contribution in [2.45, 2.75) is 25.6 Å². The number of piperazine rings is 1. The van der Waals surface area contributed by atoms with Crippen molar-refractivity contribution in [3.63, 3.8) is 0 Å². The molecule has 2 aliphatic rings. The molecule has 1 atom stereocenters. The van der Waals surface area contributed by atoms with Gasteiger partial charge in [0.05, 0.1) is 11.3 Å². The van der Waals surface area contributed by atoms with E-state index < -0.39 is 29.2 Å². The third kappa shape index (κ3) is 3.80. The molecular weight excluding hydrogens is 411 g/mol. The number of hydrogen-bond donors (Lipinski definition) is 1. The highest BCUT2D eigenvalue weighted by Gasteiger charge is 2.49. The van der Waals surface area contributed by atoms with Gasteiger partial charge in [0.25, 0.3) is 17.4 Å². The van der Waals surface area contributed by atoms with E-state index in [-0.39, 0.29) is 31.9 Å². The van der Waals surface area contributed by atoms with E-state index in [1.807, 2.05) is 13.0 Å². The zero-order valence-corrected chi connectivity index (χ0v) is 17.1. The fraction of sp³-hybridized carbons (Fsp3) is 0.364. The number of halogens is 3. The molecular formula is C22H22F3N3O3. The molecule has 0 bridgehead atoms. The average Bonchev–Trinajstić information content (AvgIpc) is 2.74. The highest BCUT2D eigenvalue weighted by Crippen LogP contribution is 2.38. The number of nitrogens with one attached hydrogen (secondary N) is 1. The summed E-state index contributed by atoms with van der Waals surface area (Å²) >= 11 is 0. The van der Waals surface area contributed by atoms with Gasteiger partial charge in [-0.2, -0.15) is 13.2 Å². The van der Waals surface area contributed by atoms with Crippen LogP contribution in [0, 0.1) is 6.92 Å². The molecule has 1 fully saturated rings. The van der Waals surface area contributed by atoms with Crippen LogP contribution in [0.5, 0.6) is 5.75 Å². The number of anilines is 2. The highest BCUT2D eigenvalue weighted by atomic mass is 19.4. The average molecular weight is 433 g/mol. The first-order valence-electron chi connectivity index (χ1n) is 9.91. The molecule has 2 aromatic carbocycles. The predicted octanol–water partition coefficient (Wildman–Crippen LogP) is 3.45. The minimum Gasteiger partial charge on any atom is -0.466 e. The van der Waals surface area contributed by atoms with Gasteiger partial charge in [-0.3, -0.25) is 9.59 Å². The van der Waals surface area contributed by atoms with Gasteiger partial charge < -0.3 is 19.9 Å². The number of hydrogen-bond acceptors (Lipinski definition) is 4. The van der Waals surface area contributed by atoms with E-state index in [9.17, 15) is 22.8 Å². The monoisotopic (exact) mass is 433 g/mol. The van der Waals surface area contributed by atoms with Crippen molar-refractivity contribution in [2.24, 2.45) is 0 Å². The molecule has 1 saturated heterocycles. The van der Waals surface area contributed by atoms with Gasteiger partial charge in [-0.05, 0) is 43.7 Å². The molecule has 31 heavy (non-hydrogen) atoms. The van der Waals surface area contributed by atoms with E-state index in [0.29, 0.717) is 11.4 Å². The number of fused-ring (bicyclic) bond motifs is 1. The van der Waals surface area contributed by atoms with Crippen LogP contribution in [0.3, 0.4) is 0 Å². The molecule has 0 aliphatic carbocycles. The van der Waals surface area contributed by atoms with Crippen LogP contribution in [0.1, 0.15) is 18.1 Å². The third-order valence-corrected chi connectivity index (χ3v) is 5.66. The topological polar surface area (TPSA) is 61.9 Å². The Kier molecular flexibility index (Phi) is 5.07. The summed E-state index contributed by atoms with van der Waals surface area (Å²) in [5, 5.41) is 2.72. The van der Waals surface area contributed by atoms with E-state index in [1.165, 1.54) is 24.0 Å². The van der Waals surface area contributed by atoms with Gasteiger partial charge in [-0.15, -0.1) is 0 Å². The van der Waals surface area contributed by atoms with E-state index in [1.54, 1.807) is 23.1 Å². The Morgan fingerprint density at radius 1 is 1.10 bits per heavy atom. The molecule has 4 rings (SSSR count). The lowest BCUT2D eigenvalue weighted by Gasteiger charge is -2.41. The predicted molar refractivity (Wildman–Crippen MR) is 109 cm³/mol. The molecule has 6 nitrogen and oxygen atoms in total. The number of amides is 2. The number of aryl methyl sites for hydroxylation is 1. The fourth-order valence-electron chi connectivity index (χ4n) is 3.92. The maximum atomic E-state index is 13.3. The number of alkyl halides is 3. The maximum Gasteiger partial charge on any atom is 0.418 e. The van der Waals surface area contributed by atoms with Crippen LogP contribution in [0.2, 0.25) is 0 Å². The van der Waals surface area contributed by atoms with Crippen LogP contribution in [-0.2, 0) is 15.8 Å². The molecule has 0 radical (unpaired) electrons. The second-order valence-electron chi connectivity index (χ2n) is 7.88. The molecule has 2 aliphatic heterocycles. The van der Waals surface area contributed by atoms with E-state index >= 15 is 0 Å². The number of carbonyl (C=O) groups excluding carboxylic acids is 2. The molecule has 1 N–H and O–H groups in total. The van der Waals surface area contributed by atoms with Gasteiger partial charge in [0.2, 0.25) is 0 Å². The Morgan fingerprint density at radius 3 is 2.45 bits per heavy atom.